The summed E-state index contributed by atoms with van der Waals surface area (Å²) >= 11 is 11.2. The van der Waals surface area contributed by atoms with Gasteiger partial charge in [0.05, 0.1) is 29.0 Å². The topological polar surface area (TPSA) is 119 Å². The average Bonchev–Trinajstić information content (AvgIpc) is 3.13. The number of anilines is 1. The lowest BCUT2D eigenvalue weighted by molar-refractivity contribution is 0.112. The maximum absolute atomic E-state index is 12.9. The molecule has 0 spiro atoms. The molecule has 0 saturated carbocycles. The summed E-state index contributed by atoms with van der Waals surface area (Å²) in [4.78, 5) is 15.1. The van der Waals surface area contributed by atoms with Crippen molar-refractivity contribution >= 4 is 55.2 Å². The van der Waals surface area contributed by atoms with E-state index in [9.17, 15) is 21.6 Å². The molecule has 2 rings (SSSR count). The van der Waals surface area contributed by atoms with Crippen LogP contribution in [0.2, 0.25) is 0 Å². The summed E-state index contributed by atoms with van der Waals surface area (Å²) in [5, 5.41) is 3.99. The van der Waals surface area contributed by atoms with E-state index in [-0.39, 0.29) is 41.7 Å². The van der Waals surface area contributed by atoms with Crippen molar-refractivity contribution in [3.8, 4) is 5.82 Å². The quantitative estimate of drug-likeness (QED) is 0.355. The Hall–Kier alpha value is -1.69. The molecule has 0 aliphatic heterocycles. The van der Waals surface area contributed by atoms with E-state index in [1.807, 2.05) is 0 Å². The number of hydrogen-bond acceptors (Lipinski definition) is 7. The van der Waals surface area contributed by atoms with Gasteiger partial charge < -0.3 is 0 Å². The first-order valence-corrected chi connectivity index (χ1v) is 12.8. The van der Waals surface area contributed by atoms with E-state index in [1.54, 1.807) is 6.92 Å². The van der Waals surface area contributed by atoms with E-state index < -0.39 is 31.6 Å². The number of aromatic nitrogens is 3. The molecule has 0 amide bonds. The second-order valence-electron chi connectivity index (χ2n) is 6.08. The predicted octanol–water partition coefficient (Wildman–Crippen LogP) is 2.11. The molecule has 2 aromatic heterocycles. The number of hydrogen-bond donors (Lipinski definition) is 0. The van der Waals surface area contributed by atoms with Crippen LogP contribution in [-0.2, 0) is 20.0 Å². The fourth-order valence-electron chi connectivity index (χ4n) is 2.51. The highest BCUT2D eigenvalue weighted by atomic mass is 35.5. The number of carbonyl (C=O) groups is 1. The smallest absolute Gasteiger partial charge is 0.248 e. The van der Waals surface area contributed by atoms with E-state index in [0.29, 0.717) is 15.7 Å². The van der Waals surface area contributed by atoms with Gasteiger partial charge in [0.15, 0.2) is 12.1 Å². The van der Waals surface area contributed by atoms with Gasteiger partial charge in [-0.15, -0.1) is 23.2 Å². The van der Waals surface area contributed by atoms with E-state index in [2.05, 4.69) is 10.1 Å². The Morgan fingerprint density at radius 1 is 1.07 bits per heavy atom. The maximum Gasteiger partial charge on any atom is 0.248 e. The average molecular weight is 483 g/mol. The molecule has 0 unspecified atom stereocenters. The second-order valence-corrected chi connectivity index (χ2v) is 10.9. The van der Waals surface area contributed by atoms with Crippen LogP contribution in [0, 0.1) is 6.92 Å². The summed E-state index contributed by atoms with van der Waals surface area (Å²) in [6, 6.07) is 2.63. The summed E-state index contributed by atoms with van der Waals surface area (Å²) < 4.78 is 53.2. The van der Waals surface area contributed by atoms with Gasteiger partial charge in [0.2, 0.25) is 20.0 Å². The van der Waals surface area contributed by atoms with Crippen molar-refractivity contribution in [2.75, 3.05) is 27.0 Å². The SMILES string of the molecule is Cc1cc(N(S(=O)(=O)CCCCl)S(=O)(=O)CCCCl)cc(-n2cc(C=O)cn2)n1. The first-order chi connectivity index (χ1) is 13.6. The second kappa shape index (κ2) is 9.88. The third-order valence-electron chi connectivity index (χ3n) is 3.69. The van der Waals surface area contributed by atoms with Crippen LogP contribution in [-0.4, -0.2) is 61.2 Å². The van der Waals surface area contributed by atoms with Crippen molar-refractivity contribution in [2.45, 2.75) is 19.8 Å². The molecule has 0 aliphatic rings. The standard InChI is InChI=1S/C16H20Cl2N4O5S2/c1-13-8-15(9-16(20-13)21-11-14(12-23)10-19-21)22(28(24,25)6-2-4-17)29(26,27)7-3-5-18/h8-12H,2-7H2,1H3. The normalized spacial score (nSPS) is 12.1. The Morgan fingerprint density at radius 2 is 1.66 bits per heavy atom. The Labute approximate surface area is 179 Å². The summed E-state index contributed by atoms with van der Waals surface area (Å²) in [6.07, 6.45) is 3.48. The molecule has 0 bridgehead atoms. The van der Waals surface area contributed by atoms with E-state index >= 15 is 0 Å². The summed E-state index contributed by atoms with van der Waals surface area (Å²) in [7, 11) is -8.47. The summed E-state index contributed by atoms with van der Waals surface area (Å²) in [6.45, 7) is 1.59. The number of aldehydes is 1. The van der Waals surface area contributed by atoms with E-state index in [4.69, 9.17) is 23.2 Å². The lowest BCUT2D eigenvalue weighted by Crippen LogP contribution is -2.40. The van der Waals surface area contributed by atoms with Gasteiger partial charge >= 0.3 is 0 Å². The van der Waals surface area contributed by atoms with Crippen molar-refractivity contribution in [3.05, 3.63) is 35.8 Å². The van der Waals surface area contributed by atoms with Crippen LogP contribution in [0.3, 0.4) is 0 Å². The maximum atomic E-state index is 12.9. The van der Waals surface area contributed by atoms with Gasteiger partial charge in [-0.1, -0.05) is 0 Å². The zero-order valence-corrected chi connectivity index (χ0v) is 18.7. The number of nitrogens with zero attached hydrogens (tertiary/aromatic N) is 4. The lowest BCUT2D eigenvalue weighted by Gasteiger charge is -2.24. The molecule has 0 saturated heterocycles. The van der Waals surface area contributed by atoms with Gasteiger partial charge in [-0.2, -0.15) is 8.81 Å². The minimum absolute atomic E-state index is 0.0666. The Bertz CT molecular complexity index is 1030. The van der Waals surface area contributed by atoms with E-state index in [1.165, 1.54) is 29.2 Å². The minimum atomic E-state index is -4.24. The molecule has 0 atom stereocenters. The third-order valence-corrected chi connectivity index (χ3v) is 8.62. The number of sulfonamides is 2. The number of alkyl halides is 2. The largest absolute Gasteiger partial charge is 0.298 e. The molecule has 0 fully saturated rings. The van der Waals surface area contributed by atoms with Crippen LogP contribution < -0.4 is 3.71 Å². The van der Waals surface area contributed by atoms with Gasteiger partial charge in [0, 0.05) is 29.7 Å². The third kappa shape index (κ3) is 5.91. The Morgan fingerprint density at radius 3 is 2.14 bits per heavy atom. The molecule has 29 heavy (non-hydrogen) atoms. The Balaban J connectivity index is 2.62. The highest BCUT2D eigenvalue weighted by Gasteiger charge is 2.34. The van der Waals surface area contributed by atoms with Crippen LogP contribution in [0.25, 0.3) is 5.82 Å². The predicted molar refractivity (Wildman–Crippen MR) is 112 cm³/mol. The van der Waals surface area contributed by atoms with Crippen LogP contribution in [0.4, 0.5) is 5.69 Å². The minimum Gasteiger partial charge on any atom is -0.298 e. The number of carbonyl (C=O) groups excluding carboxylic acids is 1. The fourth-order valence-corrected chi connectivity index (χ4v) is 7.13. The van der Waals surface area contributed by atoms with Crippen LogP contribution >= 0.6 is 23.2 Å². The van der Waals surface area contributed by atoms with Crippen molar-refractivity contribution < 1.29 is 21.6 Å². The van der Waals surface area contributed by atoms with Gasteiger partial charge in [-0.3, -0.25) is 4.79 Å². The van der Waals surface area contributed by atoms with Crippen LogP contribution in [0.1, 0.15) is 28.9 Å². The number of aryl methyl sites for hydroxylation is 1. The van der Waals surface area contributed by atoms with Crippen molar-refractivity contribution in [2.24, 2.45) is 0 Å². The zero-order valence-electron chi connectivity index (χ0n) is 15.5. The monoisotopic (exact) mass is 482 g/mol. The first-order valence-electron chi connectivity index (χ1n) is 8.51. The van der Waals surface area contributed by atoms with Gasteiger partial charge in [0.1, 0.15) is 0 Å². The van der Waals surface area contributed by atoms with Crippen molar-refractivity contribution in [1.29, 1.82) is 0 Å². The molecule has 2 heterocycles. The molecule has 0 aliphatic carbocycles. The fraction of sp³-hybridized carbons (Fsp3) is 0.438. The van der Waals surface area contributed by atoms with Gasteiger partial charge in [-0.05, 0) is 25.8 Å². The highest BCUT2D eigenvalue weighted by molar-refractivity contribution is 8.10. The molecule has 160 valence electrons. The number of pyridine rings is 1. The van der Waals surface area contributed by atoms with Crippen molar-refractivity contribution in [1.82, 2.24) is 14.8 Å². The van der Waals surface area contributed by atoms with Gasteiger partial charge in [0.25, 0.3) is 0 Å². The van der Waals surface area contributed by atoms with Crippen molar-refractivity contribution in [3.63, 3.8) is 0 Å². The molecule has 13 heteroatoms. The highest BCUT2D eigenvalue weighted by Crippen LogP contribution is 2.26. The Kier molecular flexibility index (Phi) is 8.03. The van der Waals surface area contributed by atoms with Gasteiger partial charge in [-0.25, -0.2) is 26.5 Å². The summed E-state index contributed by atoms with van der Waals surface area (Å²) in [5.41, 5.74) is 0.557. The molecular formula is C16H20Cl2N4O5S2. The van der Waals surface area contributed by atoms with Crippen LogP contribution in [0.5, 0.6) is 0 Å². The van der Waals surface area contributed by atoms with E-state index in [0.717, 1.165) is 0 Å². The van der Waals surface area contributed by atoms with Crippen LogP contribution in [0.15, 0.2) is 24.5 Å². The zero-order chi connectivity index (χ0) is 21.7. The summed E-state index contributed by atoms with van der Waals surface area (Å²) in [5.74, 6) is -0.582. The molecule has 9 nitrogen and oxygen atoms in total. The molecule has 0 radical (unpaired) electrons. The molecule has 2 aromatic rings. The molecular weight excluding hydrogens is 463 g/mol. The number of halogens is 2. The molecule has 0 aromatic carbocycles. The first kappa shape index (κ1) is 23.6. The molecule has 0 N–H and O–H groups in total. The number of rotatable bonds is 11. The lowest BCUT2D eigenvalue weighted by atomic mass is 10.3.